The van der Waals surface area contributed by atoms with Gasteiger partial charge in [0.25, 0.3) is 0 Å². The van der Waals surface area contributed by atoms with Gasteiger partial charge < -0.3 is 9.47 Å². The highest BCUT2D eigenvalue weighted by Crippen LogP contribution is 2.35. The first-order chi connectivity index (χ1) is 20.5. The summed E-state index contributed by atoms with van der Waals surface area (Å²) < 4.78 is 11.5. The molecule has 0 atom stereocenters. The number of esters is 2. The quantitative estimate of drug-likeness (QED) is 0.210. The zero-order valence-electron chi connectivity index (χ0n) is 26.0. The molecule has 228 valence electrons. The first-order valence-corrected chi connectivity index (χ1v) is 17.1. The van der Waals surface area contributed by atoms with Gasteiger partial charge in [-0.2, -0.15) is 0 Å². The molecule has 0 radical (unpaired) electrons. The molecule has 3 aliphatic carbocycles. The summed E-state index contributed by atoms with van der Waals surface area (Å²) in [5, 5.41) is 0. The average Bonchev–Trinajstić information content (AvgIpc) is 3.03. The molecule has 4 heteroatoms. The monoisotopic (exact) mass is 572 g/mol. The van der Waals surface area contributed by atoms with Gasteiger partial charge in [0, 0.05) is 0 Å². The first kappa shape index (κ1) is 30.8. The molecule has 3 saturated carbocycles. The summed E-state index contributed by atoms with van der Waals surface area (Å²) in [6.45, 7) is 4.62. The zero-order valence-corrected chi connectivity index (χ0v) is 26.0. The highest BCUT2D eigenvalue weighted by atomic mass is 16.5. The number of benzene rings is 2. The van der Waals surface area contributed by atoms with E-state index in [-0.39, 0.29) is 23.8 Å². The maximum atomic E-state index is 12.9. The Bertz CT molecular complexity index is 1020. The largest absolute Gasteiger partial charge is 0.426 e. The van der Waals surface area contributed by atoms with Crippen LogP contribution in [-0.4, -0.2) is 11.9 Å². The van der Waals surface area contributed by atoms with Crippen molar-refractivity contribution in [1.82, 2.24) is 0 Å². The predicted octanol–water partition coefficient (Wildman–Crippen LogP) is 9.52. The standard InChI is InChI=1S/C38H52O4/c1-3-27-5-9-29(10-6-27)25-31-13-21-35(22-14-31)41-37(39)33-17-19-34(20-18-33)38(40)42-36-23-15-32(16-24-36)26-30-11-7-28(4-2)8-12-30/h13-16,21-24,27-30,33-34H,3-12,17-20,25-26H2,1-2H3. The molecule has 3 fully saturated rings. The van der Waals surface area contributed by atoms with E-state index in [1.807, 2.05) is 24.3 Å². The molecule has 0 N–H and O–H groups in total. The molecule has 42 heavy (non-hydrogen) atoms. The van der Waals surface area contributed by atoms with Gasteiger partial charge in [-0.05, 0) is 123 Å². The van der Waals surface area contributed by atoms with Crippen molar-refractivity contribution in [2.24, 2.45) is 35.5 Å². The fourth-order valence-electron chi connectivity index (χ4n) is 7.71. The van der Waals surface area contributed by atoms with Gasteiger partial charge in [0.05, 0.1) is 11.8 Å². The van der Waals surface area contributed by atoms with Gasteiger partial charge in [-0.3, -0.25) is 9.59 Å². The van der Waals surface area contributed by atoms with E-state index >= 15 is 0 Å². The molecule has 4 nitrogen and oxygen atoms in total. The minimum absolute atomic E-state index is 0.158. The van der Waals surface area contributed by atoms with Crippen molar-refractivity contribution in [2.75, 3.05) is 0 Å². The summed E-state index contributed by atoms with van der Waals surface area (Å²) in [6.07, 6.45) is 18.3. The van der Waals surface area contributed by atoms with Crippen LogP contribution in [0.3, 0.4) is 0 Å². The first-order valence-electron chi connectivity index (χ1n) is 17.1. The van der Waals surface area contributed by atoms with Crippen LogP contribution < -0.4 is 9.47 Å². The number of hydrogen-bond donors (Lipinski definition) is 0. The summed E-state index contributed by atoms with van der Waals surface area (Å²) >= 11 is 0. The van der Waals surface area contributed by atoms with Crippen LogP contribution in [-0.2, 0) is 22.4 Å². The van der Waals surface area contributed by atoms with Crippen molar-refractivity contribution in [3.05, 3.63) is 59.7 Å². The normalized spacial score (nSPS) is 28.1. The number of rotatable bonds is 10. The van der Waals surface area contributed by atoms with E-state index in [2.05, 4.69) is 38.1 Å². The molecule has 0 spiro atoms. The molecule has 2 aromatic carbocycles. The van der Waals surface area contributed by atoms with Crippen LogP contribution in [0.2, 0.25) is 0 Å². The van der Waals surface area contributed by atoms with E-state index in [0.29, 0.717) is 37.2 Å². The second-order valence-electron chi connectivity index (χ2n) is 13.7. The molecule has 2 aromatic rings. The van der Waals surface area contributed by atoms with Gasteiger partial charge >= 0.3 is 11.9 Å². The molecule has 0 heterocycles. The fourth-order valence-corrected chi connectivity index (χ4v) is 7.71. The Morgan fingerprint density at radius 3 is 1.12 bits per heavy atom. The van der Waals surface area contributed by atoms with Crippen LogP contribution in [0.15, 0.2) is 48.5 Å². The van der Waals surface area contributed by atoms with Crippen LogP contribution in [0.4, 0.5) is 0 Å². The van der Waals surface area contributed by atoms with Crippen molar-refractivity contribution >= 4 is 11.9 Å². The molecule has 3 aliphatic rings. The molecule has 0 aromatic heterocycles. The number of carbonyl (C=O) groups is 2. The lowest BCUT2D eigenvalue weighted by Crippen LogP contribution is -2.30. The molecular formula is C38H52O4. The summed E-state index contributed by atoms with van der Waals surface area (Å²) in [6, 6.07) is 16.2. The summed E-state index contributed by atoms with van der Waals surface area (Å²) in [5.41, 5.74) is 2.66. The third-order valence-corrected chi connectivity index (χ3v) is 10.8. The van der Waals surface area contributed by atoms with E-state index < -0.39 is 0 Å². The Hall–Kier alpha value is -2.62. The lowest BCUT2D eigenvalue weighted by atomic mass is 9.78. The second kappa shape index (κ2) is 15.2. The maximum absolute atomic E-state index is 12.9. The van der Waals surface area contributed by atoms with Crippen LogP contribution in [0.25, 0.3) is 0 Å². The van der Waals surface area contributed by atoms with E-state index in [9.17, 15) is 9.59 Å². The molecule has 5 rings (SSSR count). The maximum Gasteiger partial charge on any atom is 0.314 e. The topological polar surface area (TPSA) is 52.6 Å². The van der Waals surface area contributed by atoms with Crippen molar-refractivity contribution in [2.45, 2.75) is 117 Å². The van der Waals surface area contributed by atoms with Crippen LogP contribution >= 0.6 is 0 Å². The molecular weight excluding hydrogens is 520 g/mol. The third kappa shape index (κ3) is 8.71. The SMILES string of the molecule is CCC1CCC(Cc2ccc(OC(=O)C3CCC(C(=O)Oc4ccc(CC5CCC(CC)CC5)cc4)CC3)cc2)CC1. The molecule has 0 saturated heterocycles. The highest BCUT2D eigenvalue weighted by molar-refractivity contribution is 5.77. The predicted molar refractivity (Wildman–Crippen MR) is 168 cm³/mol. The summed E-state index contributed by atoms with van der Waals surface area (Å²) in [5.74, 6) is 3.98. The minimum atomic E-state index is -0.175. The Labute approximate surface area is 254 Å². The lowest BCUT2D eigenvalue weighted by molar-refractivity contribution is -0.145. The van der Waals surface area contributed by atoms with Gasteiger partial charge in [-0.15, -0.1) is 0 Å². The molecule has 0 unspecified atom stereocenters. The average molecular weight is 573 g/mol. The molecule has 0 amide bonds. The number of ether oxygens (including phenoxy) is 2. The minimum Gasteiger partial charge on any atom is -0.426 e. The van der Waals surface area contributed by atoms with Crippen molar-refractivity contribution in [3.8, 4) is 11.5 Å². The second-order valence-corrected chi connectivity index (χ2v) is 13.7. The highest BCUT2D eigenvalue weighted by Gasteiger charge is 2.32. The Morgan fingerprint density at radius 2 is 0.810 bits per heavy atom. The van der Waals surface area contributed by atoms with Gasteiger partial charge in [0.2, 0.25) is 0 Å². The summed E-state index contributed by atoms with van der Waals surface area (Å²) in [7, 11) is 0. The van der Waals surface area contributed by atoms with E-state index in [4.69, 9.17) is 9.47 Å². The Kier molecular flexibility index (Phi) is 11.2. The zero-order chi connectivity index (χ0) is 29.3. The van der Waals surface area contributed by atoms with Crippen LogP contribution in [0, 0.1) is 35.5 Å². The molecule has 0 bridgehead atoms. The van der Waals surface area contributed by atoms with Crippen LogP contribution in [0.5, 0.6) is 11.5 Å². The van der Waals surface area contributed by atoms with Gasteiger partial charge in [-0.25, -0.2) is 0 Å². The van der Waals surface area contributed by atoms with E-state index in [1.54, 1.807) is 0 Å². The van der Waals surface area contributed by atoms with Crippen molar-refractivity contribution < 1.29 is 19.1 Å². The molecule has 0 aliphatic heterocycles. The number of carbonyl (C=O) groups excluding carboxylic acids is 2. The van der Waals surface area contributed by atoms with E-state index in [0.717, 1.165) is 36.5 Å². The fraction of sp³-hybridized carbons (Fsp3) is 0.632. The van der Waals surface area contributed by atoms with Gasteiger partial charge in [0.15, 0.2) is 0 Å². The smallest absolute Gasteiger partial charge is 0.314 e. The van der Waals surface area contributed by atoms with E-state index in [1.165, 1.54) is 75.3 Å². The number of hydrogen-bond acceptors (Lipinski definition) is 4. The summed E-state index contributed by atoms with van der Waals surface area (Å²) in [4.78, 5) is 25.7. The Balaban J connectivity index is 1.01. The van der Waals surface area contributed by atoms with Crippen molar-refractivity contribution in [1.29, 1.82) is 0 Å². The van der Waals surface area contributed by atoms with Gasteiger partial charge in [-0.1, -0.05) is 76.6 Å². The third-order valence-electron chi connectivity index (χ3n) is 10.8. The van der Waals surface area contributed by atoms with Crippen LogP contribution in [0.1, 0.15) is 115 Å². The Morgan fingerprint density at radius 1 is 0.500 bits per heavy atom. The van der Waals surface area contributed by atoms with Crippen molar-refractivity contribution in [3.63, 3.8) is 0 Å². The lowest BCUT2D eigenvalue weighted by Gasteiger charge is -2.28. The van der Waals surface area contributed by atoms with Gasteiger partial charge in [0.1, 0.15) is 11.5 Å².